The van der Waals surface area contributed by atoms with Crippen LogP contribution in [0, 0.1) is 5.82 Å². The van der Waals surface area contributed by atoms with Crippen LogP contribution in [0.15, 0.2) is 36.7 Å². The van der Waals surface area contributed by atoms with Crippen molar-refractivity contribution in [1.29, 1.82) is 0 Å². The normalized spacial score (nSPS) is 18.0. The first-order valence-corrected chi connectivity index (χ1v) is 7.34. The predicted molar refractivity (Wildman–Crippen MR) is 82.2 cm³/mol. The number of nitrogens with one attached hydrogen (secondary N) is 1. The SMILES string of the molecule is C[C@](O)(c1ccc(F)cc1)c1cnc(N2CCNCC2)nc1. The number of benzene rings is 1. The maximum absolute atomic E-state index is 13.0. The van der Waals surface area contributed by atoms with Gasteiger partial charge in [-0.15, -0.1) is 0 Å². The molecule has 1 aliphatic heterocycles. The monoisotopic (exact) mass is 302 g/mol. The first kappa shape index (κ1) is 14.9. The molecule has 0 amide bonds. The molecular formula is C16H19FN4O. The van der Waals surface area contributed by atoms with E-state index in [1.807, 2.05) is 0 Å². The zero-order valence-electron chi connectivity index (χ0n) is 12.5. The minimum atomic E-state index is -1.25. The Morgan fingerprint density at radius 1 is 1.09 bits per heavy atom. The third-order valence-corrected chi connectivity index (χ3v) is 4.01. The summed E-state index contributed by atoms with van der Waals surface area (Å²) in [6, 6.07) is 5.80. The van der Waals surface area contributed by atoms with Gasteiger partial charge in [-0.3, -0.25) is 0 Å². The van der Waals surface area contributed by atoms with Crippen LogP contribution in [0.25, 0.3) is 0 Å². The summed E-state index contributed by atoms with van der Waals surface area (Å²) in [6.07, 6.45) is 3.27. The molecule has 1 aromatic heterocycles. The van der Waals surface area contributed by atoms with Crippen molar-refractivity contribution in [3.8, 4) is 0 Å². The van der Waals surface area contributed by atoms with Crippen molar-refractivity contribution in [2.75, 3.05) is 31.1 Å². The lowest BCUT2D eigenvalue weighted by atomic mass is 9.90. The van der Waals surface area contributed by atoms with E-state index in [0.29, 0.717) is 17.1 Å². The molecule has 0 saturated carbocycles. The molecule has 0 radical (unpaired) electrons. The molecule has 22 heavy (non-hydrogen) atoms. The fraction of sp³-hybridized carbons (Fsp3) is 0.375. The van der Waals surface area contributed by atoms with Crippen LogP contribution >= 0.6 is 0 Å². The molecule has 0 unspecified atom stereocenters. The van der Waals surface area contributed by atoms with Crippen LogP contribution in [0.4, 0.5) is 10.3 Å². The zero-order valence-corrected chi connectivity index (χ0v) is 12.5. The van der Waals surface area contributed by atoms with E-state index in [0.717, 1.165) is 26.2 Å². The lowest BCUT2D eigenvalue weighted by Crippen LogP contribution is -2.44. The first-order valence-electron chi connectivity index (χ1n) is 7.34. The second-order valence-corrected chi connectivity index (χ2v) is 5.59. The van der Waals surface area contributed by atoms with Crippen molar-refractivity contribution in [3.05, 3.63) is 53.6 Å². The molecule has 6 heteroatoms. The molecule has 0 aliphatic carbocycles. The quantitative estimate of drug-likeness (QED) is 0.894. The van der Waals surface area contributed by atoms with Crippen LogP contribution in [-0.2, 0) is 5.60 Å². The van der Waals surface area contributed by atoms with Gasteiger partial charge in [-0.2, -0.15) is 0 Å². The van der Waals surface area contributed by atoms with Crippen LogP contribution in [0.3, 0.4) is 0 Å². The topological polar surface area (TPSA) is 61.3 Å². The van der Waals surface area contributed by atoms with Gasteiger partial charge in [0, 0.05) is 44.1 Å². The van der Waals surface area contributed by atoms with Crippen molar-refractivity contribution < 1.29 is 9.50 Å². The molecular weight excluding hydrogens is 283 g/mol. The Hall–Kier alpha value is -2.05. The minimum Gasteiger partial charge on any atom is -0.381 e. The molecule has 1 atom stereocenters. The van der Waals surface area contributed by atoms with E-state index >= 15 is 0 Å². The number of aliphatic hydroxyl groups is 1. The van der Waals surface area contributed by atoms with E-state index in [2.05, 4.69) is 20.2 Å². The maximum Gasteiger partial charge on any atom is 0.225 e. The highest BCUT2D eigenvalue weighted by molar-refractivity contribution is 5.36. The number of hydrogen-bond acceptors (Lipinski definition) is 5. The number of hydrogen-bond donors (Lipinski definition) is 2. The largest absolute Gasteiger partial charge is 0.381 e. The molecule has 1 saturated heterocycles. The summed E-state index contributed by atoms with van der Waals surface area (Å²) >= 11 is 0. The lowest BCUT2D eigenvalue weighted by Gasteiger charge is -2.28. The summed E-state index contributed by atoms with van der Waals surface area (Å²) < 4.78 is 13.0. The summed E-state index contributed by atoms with van der Waals surface area (Å²) in [5.41, 5.74) is -0.0687. The number of piperazine rings is 1. The van der Waals surface area contributed by atoms with E-state index in [1.54, 1.807) is 31.5 Å². The Morgan fingerprint density at radius 2 is 1.68 bits per heavy atom. The Balaban J connectivity index is 1.83. The molecule has 0 bridgehead atoms. The van der Waals surface area contributed by atoms with Crippen molar-refractivity contribution in [3.63, 3.8) is 0 Å². The average Bonchev–Trinajstić information content (AvgIpc) is 2.56. The number of anilines is 1. The van der Waals surface area contributed by atoms with Crippen LogP contribution in [-0.4, -0.2) is 41.3 Å². The Morgan fingerprint density at radius 3 is 2.27 bits per heavy atom. The van der Waals surface area contributed by atoms with Gasteiger partial charge in [-0.25, -0.2) is 14.4 Å². The van der Waals surface area contributed by atoms with E-state index in [-0.39, 0.29) is 5.82 Å². The van der Waals surface area contributed by atoms with Gasteiger partial charge in [0.25, 0.3) is 0 Å². The highest BCUT2D eigenvalue weighted by atomic mass is 19.1. The molecule has 1 aliphatic rings. The Labute approximate surface area is 128 Å². The molecule has 0 spiro atoms. The second kappa shape index (κ2) is 5.98. The Bertz CT molecular complexity index is 622. The van der Waals surface area contributed by atoms with Gasteiger partial charge in [0.05, 0.1) is 0 Å². The van der Waals surface area contributed by atoms with Crippen LogP contribution in [0.2, 0.25) is 0 Å². The third-order valence-electron chi connectivity index (χ3n) is 4.01. The summed E-state index contributed by atoms with van der Waals surface area (Å²) in [5.74, 6) is 0.338. The van der Waals surface area contributed by atoms with Gasteiger partial charge in [0.2, 0.25) is 5.95 Å². The number of halogens is 1. The van der Waals surface area contributed by atoms with Crippen molar-refractivity contribution in [2.45, 2.75) is 12.5 Å². The van der Waals surface area contributed by atoms with Gasteiger partial charge in [0.1, 0.15) is 11.4 Å². The molecule has 3 rings (SSSR count). The summed E-state index contributed by atoms with van der Waals surface area (Å²) in [4.78, 5) is 10.8. The number of aromatic nitrogens is 2. The van der Waals surface area contributed by atoms with Gasteiger partial charge in [-0.05, 0) is 24.6 Å². The van der Waals surface area contributed by atoms with Gasteiger partial charge in [0.15, 0.2) is 0 Å². The number of rotatable bonds is 3. The molecule has 1 aromatic carbocycles. The van der Waals surface area contributed by atoms with Crippen LogP contribution < -0.4 is 10.2 Å². The highest BCUT2D eigenvalue weighted by Crippen LogP contribution is 2.28. The second-order valence-electron chi connectivity index (χ2n) is 5.59. The predicted octanol–water partition coefficient (Wildman–Crippen LogP) is 1.28. The lowest BCUT2D eigenvalue weighted by molar-refractivity contribution is 0.101. The van der Waals surface area contributed by atoms with E-state index in [4.69, 9.17) is 0 Å². The fourth-order valence-corrected chi connectivity index (χ4v) is 2.54. The van der Waals surface area contributed by atoms with Gasteiger partial charge < -0.3 is 15.3 Å². The zero-order chi connectivity index (χ0) is 15.6. The summed E-state index contributed by atoms with van der Waals surface area (Å²) in [6.45, 7) is 5.22. The molecule has 1 fully saturated rings. The first-order chi connectivity index (χ1) is 10.6. The maximum atomic E-state index is 13.0. The van der Waals surface area contributed by atoms with Crippen molar-refractivity contribution >= 4 is 5.95 Å². The van der Waals surface area contributed by atoms with Crippen molar-refractivity contribution in [2.24, 2.45) is 0 Å². The Kier molecular flexibility index (Phi) is 4.04. The molecule has 2 N–H and O–H groups in total. The third kappa shape index (κ3) is 2.93. The molecule has 5 nitrogen and oxygen atoms in total. The average molecular weight is 302 g/mol. The van der Waals surface area contributed by atoms with Crippen LogP contribution in [0.1, 0.15) is 18.1 Å². The molecule has 2 aromatic rings. The van der Waals surface area contributed by atoms with Crippen LogP contribution in [0.5, 0.6) is 0 Å². The van der Waals surface area contributed by atoms with E-state index in [1.165, 1.54) is 12.1 Å². The standard InChI is InChI=1S/C16H19FN4O/c1-16(22,12-2-4-14(17)5-3-12)13-10-19-15(20-11-13)21-8-6-18-7-9-21/h2-5,10-11,18,22H,6-9H2,1H3/t16-/m0/s1. The minimum absolute atomic E-state index is 0.329. The summed E-state index contributed by atoms with van der Waals surface area (Å²) in [7, 11) is 0. The van der Waals surface area contributed by atoms with Gasteiger partial charge in [-0.1, -0.05) is 12.1 Å². The van der Waals surface area contributed by atoms with E-state index in [9.17, 15) is 9.50 Å². The molecule has 2 heterocycles. The molecule has 116 valence electrons. The van der Waals surface area contributed by atoms with E-state index < -0.39 is 5.60 Å². The van der Waals surface area contributed by atoms with Gasteiger partial charge >= 0.3 is 0 Å². The smallest absolute Gasteiger partial charge is 0.225 e. The summed E-state index contributed by atoms with van der Waals surface area (Å²) in [5, 5.41) is 14.0. The fourth-order valence-electron chi connectivity index (χ4n) is 2.54. The highest BCUT2D eigenvalue weighted by Gasteiger charge is 2.27. The van der Waals surface area contributed by atoms with Crippen molar-refractivity contribution in [1.82, 2.24) is 15.3 Å². The number of nitrogens with zero attached hydrogens (tertiary/aromatic N) is 3.